The van der Waals surface area contributed by atoms with Gasteiger partial charge < -0.3 is 16.2 Å². The molecule has 0 unspecified atom stereocenters. The summed E-state index contributed by atoms with van der Waals surface area (Å²) in [6, 6.07) is 15.7. The zero-order chi connectivity index (χ0) is 21.5. The number of hydrogen-bond acceptors (Lipinski definition) is 5. The number of thiazole rings is 1. The lowest BCUT2D eigenvalue weighted by Gasteiger charge is -2.05. The topological polar surface area (TPSA) is 88.2 Å². The largest absolute Gasteiger partial charge is 0.476 e. The summed E-state index contributed by atoms with van der Waals surface area (Å²) in [7, 11) is 0. The van der Waals surface area contributed by atoms with E-state index >= 15 is 0 Å². The third-order valence-electron chi connectivity index (χ3n) is 4.79. The lowest BCUT2D eigenvalue weighted by atomic mass is 10.1. The van der Waals surface area contributed by atoms with Gasteiger partial charge in [0, 0.05) is 5.02 Å². The Morgan fingerprint density at radius 2 is 2.03 bits per heavy atom. The van der Waals surface area contributed by atoms with Gasteiger partial charge in [0.25, 0.3) is 0 Å². The van der Waals surface area contributed by atoms with Crippen LogP contribution in [0.3, 0.4) is 0 Å². The lowest BCUT2D eigenvalue weighted by Crippen LogP contribution is -2.19. The fourth-order valence-corrected chi connectivity index (χ4v) is 4.07. The zero-order valence-electron chi connectivity index (χ0n) is 16.9. The van der Waals surface area contributed by atoms with E-state index in [2.05, 4.69) is 16.4 Å². The van der Waals surface area contributed by atoms with Crippen LogP contribution in [0.1, 0.15) is 34.5 Å². The first-order valence-corrected chi connectivity index (χ1v) is 11.1. The second kappa shape index (κ2) is 10.6. The fourth-order valence-electron chi connectivity index (χ4n) is 3.02. The number of nitrogens with two attached hydrogens (primary N) is 1. The van der Waals surface area contributed by atoms with E-state index in [0.717, 1.165) is 35.0 Å². The number of carboxylic acid groups (broad SMARTS) is 1. The summed E-state index contributed by atoms with van der Waals surface area (Å²) >= 11 is 7.24. The molecule has 1 aromatic heterocycles. The molecule has 3 aromatic rings. The highest BCUT2D eigenvalue weighted by molar-refractivity contribution is 7.19. The Kier molecular flexibility index (Phi) is 7.85. The summed E-state index contributed by atoms with van der Waals surface area (Å²) in [5, 5.41) is 13.6. The van der Waals surface area contributed by atoms with E-state index in [1.165, 1.54) is 36.3 Å². The Balaban J connectivity index is 0.000000172. The minimum atomic E-state index is -1.05. The van der Waals surface area contributed by atoms with Crippen LogP contribution in [-0.4, -0.2) is 29.1 Å². The van der Waals surface area contributed by atoms with Gasteiger partial charge in [0.15, 0.2) is 10.8 Å². The molecule has 1 aliphatic rings. The van der Waals surface area contributed by atoms with Crippen LogP contribution >= 0.6 is 22.9 Å². The van der Waals surface area contributed by atoms with Gasteiger partial charge in [-0.2, -0.15) is 0 Å². The van der Waals surface area contributed by atoms with Crippen molar-refractivity contribution in [2.45, 2.75) is 26.2 Å². The molecule has 5 nitrogen and oxygen atoms in total. The van der Waals surface area contributed by atoms with Crippen LogP contribution in [0.4, 0.5) is 5.13 Å². The molecule has 0 amide bonds. The Morgan fingerprint density at radius 3 is 2.70 bits per heavy atom. The molecule has 2 aromatic carbocycles. The van der Waals surface area contributed by atoms with Crippen LogP contribution in [0, 0.1) is 12.8 Å². The number of nitrogen functional groups attached to an aromatic ring is 1. The predicted molar refractivity (Wildman–Crippen MR) is 124 cm³/mol. The van der Waals surface area contributed by atoms with Gasteiger partial charge >= 0.3 is 5.97 Å². The number of halogens is 1. The highest BCUT2D eigenvalue weighted by Gasteiger charge is 2.20. The minimum absolute atomic E-state index is 0.0214. The van der Waals surface area contributed by atoms with Crippen LogP contribution in [0.25, 0.3) is 10.4 Å². The van der Waals surface area contributed by atoms with Gasteiger partial charge in [-0.25, -0.2) is 9.78 Å². The summed E-state index contributed by atoms with van der Waals surface area (Å²) in [5.41, 5.74) is 8.72. The molecule has 158 valence electrons. The van der Waals surface area contributed by atoms with Crippen molar-refractivity contribution in [3.05, 3.63) is 70.4 Å². The smallest absolute Gasteiger partial charge is 0.356 e. The van der Waals surface area contributed by atoms with Gasteiger partial charge in [-0.1, -0.05) is 71.0 Å². The Morgan fingerprint density at radius 1 is 1.27 bits per heavy atom. The number of aryl methyl sites for hydroxylation is 1. The van der Waals surface area contributed by atoms with Crippen molar-refractivity contribution >= 4 is 34.0 Å². The molecule has 0 aliphatic heterocycles. The number of hydrogen-bond donors (Lipinski definition) is 3. The average molecular weight is 444 g/mol. The second-order valence-electron chi connectivity index (χ2n) is 7.39. The third-order valence-corrected chi connectivity index (χ3v) is 6.09. The fraction of sp³-hybridized carbons (Fsp3) is 0.304. The van der Waals surface area contributed by atoms with Crippen molar-refractivity contribution in [1.29, 1.82) is 0 Å². The van der Waals surface area contributed by atoms with Gasteiger partial charge in [-0.3, -0.25) is 0 Å². The molecule has 30 heavy (non-hydrogen) atoms. The molecule has 7 heteroatoms. The molecule has 0 saturated heterocycles. The van der Waals surface area contributed by atoms with Crippen LogP contribution < -0.4 is 11.1 Å². The first kappa shape index (κ1) is 22.3. The molecule has 0 atom stereocenters. The number of aromatic nitrogens is 1. The van der Waals surface area contributed by atoms with Crippen LogP contribution in [0.15, 0.2) is 48.5 Å². The number of benzene rings is 2. The van der Waals surface area contributed by atoms with E-state index in [-0.39, 0.29) is 10.8 Å². The second-order valence-corrected chi connectivity index (χ2v) is 8.83. The molecular weight excluding hydrogens is 418 g/mol. The molecule has 4 N–H and O–H groups in total. The van der Waals surface area contributed by atoms with Gasteiger partial charge in [0.1, 0.15) is 0 Å². The molecule has 4 rings (SSSR count). The van der Waals surface area contributed by atoms with E-state index in [4.69, 9.17) is 22.4 Å². The number of carboxylic acids is 1. The van der Waals surface area contributed by atoms with Crippen LogP contribution in [0.5, 0.6) is 0 Å². The molecule has 0 bridgehead atoms. The molecule has 0 spiro atoms. The van der Waals surface area contributed by atoms with E-state index in [1.54, 1.807) is 0 Å². The first-order chi connectivity index (χ1) is 14.4. The van der Waals surface area contributed by atoms with Gasteiger partial charge in [0.05, 0.1) is 4.88 Å². The van der Waals surface area contributed by atoms with Gasteiger partial charge in [-0.15, -0.1) is 0 Å². The highest BCUT2D eigenvalue weighted by Crippen LogP contribution is 2.32. The van der Waals surface area contributed by atoms with Gasteiger partial charge in [0.2, 0.25) is 0 Å². The summed E-state index contributed by atoms with van der Waals surface area (Å²) in [4.78, 5) is 15.4. The first-order valence-electron chi connectivity index (χ1n) is 9.94. The number of rotatable bonds is 7. The molecule has 1 aliphatic carbocycles. The van der Waals surface area contributed by atoms with Crippen molar-refractivity contribution in [2.75, 3.05) is 18.8 Å². The maximum absolute atomic E-state index is 11.0. The van der Waals surface area contributed by atoms with E-state index in [9.17, 15) is 4.79 Å². The minimum Gasteiger partial charge on any atom is -0.476 e. The quantitative estimate of drug-likeness (QED) is 0.432. The lowest BCUT2D eigenvalue weighted by molar-refractivity contribution is 0.0692. The standard InChI is InChI=1S/C12H16ClN.C11H10N2O2S/c13-12-4-2-1-3-11(12)7-8-14-9-10-5-6-10;1-6-3-2-4-7(5-6)9-8(10(14)15)13-11(12)16-9/h1-4,10,14H,5-9H2;2-5H,1H3,(H2,12,13)(H,14,15). The van der Waals surface area contributed by atoms with E-state index in [1.807, 2.05) is 49.4 Å². The van der Waals surface area contributed by atoms with Crippen LogP contribution in [-0.2, 0) is 6.42 Å². The molecule has 1 fully saturated rings. The van der Waals surface area contributed by atoms with Crippen molar-refractivity contribution < 1.29 is 9.90 Å². The monoisotopic (exact) mass is 443 g/mol. The van der Waals surface area contributed by atoms with Crippen molar-refractivity contribution in [3.63, 3.8) is 0 Å². The summed E-state index contributed by atoms with van der Waals surface area (Å²) < 4.78 is 0. The Hall–Kier alpha value is -2.41. The molecular formula is C23H26ClN3O2S. The maximum Gasteiger partial charge on any atom is 0.356 e. The summed E-state index contributed by atoms with van der Waals surface area (Å²) in [6.07, 6.45) is 3.87. The van der Waals surface area contributed by atoms with E-state index in [0.29, 0.717) is 4.88 Å². The zero-order valence-corrected chi connectivity index (χ0v) is 18.5. The average Bonchev–Trinajstić information content (AvgIpc) is 3.46. The third kappa shape index (κ3) is 6.55. The highest BCUT2D eigenvalue weighted by atomic mass is 35.5. The number of carbonyl (C=O) groups is 1. The normalized spacial score (nSPS) is 12.9. The Bertz CT molecular complexity index is 1000. The summed E-state index contributed by atoms with van der Waals surface area (Å²) in [6.45, 7) is 4.18. The summed E-state index contributed by atoms with van der Waals surface area (Å²) in [5.74, 6) is -0.0919. The van der Waals surface area contributed by atoms with Crippen molar-refractivity contribution in [2.24, 2.45) is 5.92 Å². The van der Waals surface area contributed by atoms with E-state index < -0.39 is 5.97 Å². The molecule has 1 saturated carbocycles. The van der Waals surface area contributed by atoms with Crippen molar-refractivity contribution in [3.8, 4) is 10.4 Å². The SMILES string of the molecule is Cc1cccc(-c2sc(N)nc2C(=O)O)c1.Clc1ccccc1CCNCC1CC1. The van der Waals surface area contributed by atoms with Crippen LogP contribution in [0.2, 0.25) is 5.02 Å². The molecule has 1 heterocycles. The number of anilines is 1. The number of nitrogens with one attached hydrogen (secondary N) is 1. The number of nitrogens with zero attached hydrogens (tertiary/aromatic N) is 1. The molecule has 0 radical (unpaired) electrons. The Labute approximate surface area is 185 Å². The predicted octanol–water partition coefficient (Wildman–Crippen LogP) is 5.28. The number of aromatic carboxylic acids is 1. The van der Waals surface area contributed by atoms with Gasteiger partial charge in [-0.05, 0) is 62.4 Å². The van der Waals surface area contributed by atoms with Crippen molar-refractivity contribution in [1.82, 2.24) is 10.3 Å². The maximum atomic E-state index is 11.0.